The highest BCUT2D eigenvalue weighted by Gasteiger charge is 2.33. The SMILES string of the molecule is CCCCCCCCCCCCCC(O)CC(=O)C(C(=O)O)C(O)CCCCCCCCCCC. The van der Waals surface area contributed by atoms with E-state index in [0.29, 0.717) is 12.8 Å². The molecule has 0 fully saturated rings. The minimum atomic E-state index is -1.42. The van der Waals surface area contributed by atoms with Crippen LogP contribution in [0.25, 0.3) is 0 Å². The molecule has 0 aromatic rings. The summed E-state index contributed by atoms with van der Waals surface area (Å²) >= 11 is 0. The van der Waals surface area contributed by atoms with E-state index in [1.165, 1.54) is 89.9 Å². The van der Waals surface area contributed by atoms with Crippen LogP contribution in [0.3, 0.4) is 0 Å². The number of aliphatic hydroxyl groups is 2. The maximum absolute atomic E-state index is 12.5. The fourth-order valence-electron chi connectivity index (χ4n) is 4.85. The summed E-state index contributed by atoms with van der Waals surface area (Å²) in [5.41, 5.74) is 0. The predicted octanol–water partition coefficient (Wildman–Crippen LogP) is 7.99. The number of rotatable bonds is 27. The summed E-state index contributed by atoms with van der Waals surface area (Å²) < 4.78 is 0. The highest BCUT2D eigenvalue weighted by Crippen LogP contribution is 2.19. The van der Waals surface area contributed by atoms with Crippen LogP contribution >= 0.6 is 0 Å². The van der Waals surface area contributed by atoms with Gasteiger partial charge in [-0.3, -0.25) is 9.59 Å². The average molecular weight is 499 g/mol. The van der Waals surface area contributed by atoms with E-state index in [1.807, 2.05) is 0 Å². The molecule has 0 saturated carbocycles. The molecule has 0 aliphatic rings. The fraction of sp³-hybridized carbons (Fsp3) is 0.933. The molecular weight excluding hydrogens is 440 g/mol. The van der Waals surface area contributed by atoms with E-state index < -0.39 is 29.9 Å². The van der Waals surface area contributed by atoms with Gasteiger partial charge in [-0.1, -0.05) is 142 Å². The Balaban J connectivity index is 3.92. The molecule has 5 heteroatoms. The molecule has 0 heterocycles. The summed E-state index contributed by atoms with van der Waals surface area (Å²) in [5, 5.41) is 30.1. The molecule has 35 heavy (non-hydrogen) atoms. The molecule has 3 unspecified atom stereocenters. The van der Waals surface area contributed by atoms with E-state index in [1.54, 1.807) is 0 Å². The predicted molar refractivity (Wildman–Crippen MR) is 146 cm³/mol. The molecule has 0 aliphatic carbocycles. The van der Waals surface area contributed by atoms with Gasteiger partial charge in [-0.15, -0.1) is 0 Å². The number of Topliss-reactive ketones (excluding diaryl/α,β-unsaturated/α-hetero) is 1. The normalized spacial score (nSPS) is 14.1. The van der Waals surface area contributed by atoms with Crippen molar-refractivity contribution in [1.29, 1.82) is 0 Å². The molecule has 0 aliphatic heterocycles. The number of hydrogen-bond donors (Lipinski definition) is 3. The van der Waals surface area contributed by atoms with Gasteiger partial charge >= 0.3 is 5.97 Å². The second-order valence-corrected chi connectivity index (χ2v) is 10.6. The zero-order valence-corrected chi connectivity index (χ0v) is 23.2. The van der Waals surface area contributed by atoms with Crippen molar-refractivity contribution in [3.8, 4) is 0 Å². The van der Waals surface area contributed by atoms with Gasteiger partial charge in [0.1, 0.15) is 5.92 Å². The lowest BCUT2D eigenvalue weighted by Crippen LogP contribution is -2.36. The first-order valence-corrected chi connectivity index (χ1v) is 15.1. The van der Waals surface area contributed by atoms with Crippen LogP contribution in [0.5, 0.6) is 0 Å². The number of carbonyl (C=O) groups is 2. The summed E-state index contributed by atoms with van der Waals surface area (Å²) in [6.07, 6.45) is 22.4. The third-order valence-corrected chi connectivity index (χ3v) is 7.18. The first-order chi connectivity index (χ1) is 16.9. The highest BCUT2D eigenvalue weighted by molar-refractivity contribution is 5.99. The Morgan fingerprint density at radius 2 is 0.886 bits per heavy atom. The lowest BCUT2D eigenvalue weighted by atomic mass is 9.89. The molecule has 5 nitrogen and oxygen atoms in total. The van der Waals surface area contributed by atoms with Crippen LogP contribution in [-0.2, 0) is 9.59 Å². The van der Waals surface area contributed by atoms with E-state index in [9.17, 15) is 24.9 Å². The Morgan fingerprint density at radius 1 is 0.543 bits per heavy atom. The topological polar surface area (TPSA) is 94.8 Å². The third kappa shape index (κ3) is 20.9. The molecule has 3 N–H and O–H groups in total. The Labute approximate surface area is 216 Å². The number of carboxylic acid groups (broad SMARTS) is 1. The smallest absolute Gasteiger partial charge is 0.316 e. The van der Waals surface area contributed by atoms with Crippen molar-refractivity contribution in [3.63, 3.8) is 0 Å². The van der Waals surface area contributed by atoms with Crippen LogP contribution in [0.2, 0.25) is 0 Å². The third-order valence-electron chi connectivity index (χ3n) is 7.18. The van der Waals surface area contributed by atoms with Crippen molar-refractivity contribution in [3.05, 3.63) is 0 Å². The van der Waals surface area contributed by atoms with Gasteiger partial charge in [0.15, 0.2) is 5.78 Å². The minimum Gasteiger partial charge on any atom is -0.481 e. The van der Waals surface area contributed by atoms with Crippen molar-refractivity contribution in [2.24, 2.45) is 5.92 Å². The quantitative estimate of drug-likeness (QED) is 0.0788. The van der Waals surface area contributed by atoms with Crippen LogP contribution < -0.4 is 0 Å². The van der Waals surface area contributed by atoms with Gasteiger partial charge in [-0.2, -0.15) is 0 Å². The Bertz CT molecular complexity index is 493. The Kier molecular flexibility index (Phi) is 24.1. The molecule has 0 rings (SSSR count). The Hall–Kier alpha value is -0.940. The molecule has 0 saturated heterocycles. The number of hydrogen-bond acceptors (Lipinski definition) is 4. The summed E-state index contributed by atoms with van der Waals surface area (Å²) in [7, 11) is 0. The number of carbonyl (C=O) groups excluding carboxylic acids is 1. The molecule has 0 amide bonds. The van der Waals surface area contributed by atoms with Gasteiger partial charge < -0.3 is 15.3 Å². The van der Waals surface area contributed by atoms with Gasteiger partial charge in [0.05, 0.1) is 12.2 Å². The lowest BCUT2D eigenvalue weighted by molar-refractivity contribution is -0.151. The van der Waals surface area contributed by atoms with Gasteiger partial charge in [-0.25, -0.2) is 0 Å². The van der Waals surface area contributed by atoms with Crippen molar-refractivity contribution in [2.75, 3.05) is 0 Å². The molecule has 3 atom stereocenters. The van der Waals surface area contributed by atoms with Gasteiger partial charge in [0, 0.05) is 6.42 Å². The average Bonchev–Trinajstić information content (AvgIpc) is 2.81. The van der Waals surface area contributed by atoms with Crippen LogP contribution in [-0.4, -0.2) is 39.3 Å². The number of aliphatic carboxylic acids is 1. The second-order valence-electron chi connectivity index (χ2n) is 10.6. The standard InChI is InChI=1S/C30H58O5/c1-3-5-7-9-11-13-14-16-17-19-21-23-26(31)25-28(33)29(30(34)35)27(32)24-22-20-18-15-12-10-8-6-4-2/h26-27,29,31-32H,3-25H2,1-2H3,(H,34,35). The van der Waals surface area contributed by atoms with E-state index in [-0.39, 0.29) is 6.42 Å². The summed E-state index contributed by atoms with van der Waals surface area (Å²) in [4.78, 5) is 24.1. The van der Waals surface area contributed by atoms with E-state index in [0.717, 1.165) is 38.5 Å². The summed E-state index contributed by atoms with van der Waals surface area (Å²) in [6, 6.07) is 0. The maximum Gasteiger partial charge on any atom is 0.316 e. The van der Waals surface area contributed by atoms with E-state index in [4.69, 9.17) is 0 Å². The van der Waals surface area contributed by atoms with Gasteiger partial charge in [-0.05, 0) is 12.8 Å². The Morgan fingerprint density at radius 3 is 1.26 bits per heavy atom. The maximum atomic E-state index is 12.5. The van der Waals surface area contributed by atoms with Crippen LogP contribution in [0.15, 0.2) is 0 Å². The fourth-order valence-corrected chi connectivity index (χ4v) is 4.85. The monoisotopic (exact) mass is 498 g/mol. The van der Waals surface area contributed by atoms with Gasteiger partial charge in [0.25, 0.3) is 0 Å². The molecule has 208 valence electrons. The second kappa shape index (κ2) is 24.7. The first kappa shape index (κ1) is 34.1. The van der Waals surface area contributed by atoms with Crippen LogP contribution in [0, 0.1) is 5.92 Å². The van der Waals surface area contributed by atoms with E-state index >= 15 is 0 Å². The van der Waals surface area contributed by atoms with Crippen molar-refractivity contribution >= 4 is 11.8 Å². The van der Waals surface area contributed by atoms with E-state index in [2.05, 4.69) is 13.8 Å². The molecule has 0 bridgehead atoms. The zero-order valence-electron chi connectivity index (χ0n) is 23.2. The molecular formula is C30H58O5. The van der Waals surface area contributed by atoms with Crippen molar-refractivity contribution in [2.45, 2.75) is 174 Å². The van der Waals surface area contributed by atoms with Crippen LogP contribution in [0.1, 0.15) is 162 Å². The summed E-state index contributed by atoms with van der Waals surface area (Å²) in [5.74, 6) is -3.24. The zero-order chi connectivity index (χ0) is 26.2. The largest absolute Gasteiger partial charge is 0.481 e. The summed E-state index contributed by atoms with van der Waals surface area (Å²) in [6.45, 7) is 4.44. The number of unbranched alkanes of at least 4 members (excludes halogenated alkanes) is 18. The molecule has 0 radical (unpaired) electrons. The molecule has 0 aromatic carbocycles. The van der Waals surface area contributed by atoms with Gasteiger partial charge in [0.2, 0.25) is 0 Å². The van der Waals surface area contributed by atoms with Crippen LogP contribution in [0.4, 0.5) is 0 Å². The van der Waals surface area contributed by atoms with Crippen molar-refractivity contribution < 1.29 is 24.9 Å². The molecule has 0 spiro atoms. The highest BCUT2D eigenvalue weighted by atomic mass is 16.4. The lowest BCUT2D eigenvalue weighted by Gasteiger charge is -2.19. The molecule has 0 aromatic heterocycles. The first-order valence-electron chi connectivity index (χ1n) is 15.1. The van der Waals surface area contributed by atoms with Crippen molar-refractivity contribution in [1.82, 2.24) is 0 Å². The number of aliphatic hydroxyl groups excluding tert-OH is 2. The minimum absolute atomic E-state index is 0.177. The number of carboxylic acids is 1. The number of ketones is 1.